The Balaban J connectivity index is 1.66. The maximum Gasteiger partial charge on any atom is 0.270 e. The molecule has 0 bridgehead atoms. The van der Waals surface area contributed by atoms with Gasteiger partial charge in [0.1, 0.15) is 17.4 Å². The van der Waals surface area contributed by atoms with Crippen molar-refractivity contribution < 1.29 is 9.53 Å². The molecule has 4 aromatic rings. The van der Waals surface area contributed by atoms with Crippen molar-refractivity contribution >= 4 is 34.8 Å². The second-order valence-corrected chi connectivity index (χ2v) is 7.59. The fourth-order valence-corrected chi connectivity index (χ4v) is 3.35. The molecule has 0 fully saturated rings. The fraction of sp³-hybridized carbons (Fsp3) is 0.0400. The highest BCUT2D eigenvalue weighted by Crippen LogP contribution is 2.25. The number of nitrogens with one attached hydrogen (secondary N) is 3. The van der Waals surface area contributed by atoms with Crippen molar-refractivity contribution in [3.63, 3.8) is 0 Å². The van der Waals surface area contributed by atoms with Crippen molar-refractivity contribution in [3.8, 4) is 23.1 Å². The van der Waals surface area contributed by atoms with Gasteiger partial charge in [0.25, 0.3) is 11.5 Å². The number of carbonyl (C=O) groups excluding carboxylic acids is 1. The van der Waals surface area contributed by atoms with Gasteiger partial charge in [-0.1, -0.05) is 29.8 Å². The number of halogens is 1. The minimum absolute atomic E-state index is 0.141. The summed E-state index contributed by atoms with van der Waals surface area (Å²) in [6.45, 7) is 0. The van der Waals surface area contributed by atoms with Gasteiger partial charge >= 0.3 is 0 Å². The van der Waals surface area contributed by atoms with E-state index in [1.165, 1.54) is 7.11 Å². The molecule has 3 aromatic carbocycles. The third kappa shape index (κ3) is 5.06. The SMILES string of the molecule is COc1cccc(C(=O)Nc2cccc(-c3nc(Nc4ccc(Cl)cc4)[nH]c(=O)c3C#N)c2)c1. The van der Waals surface area contributed by atoms with E-state index in [2.05, 4.69) is 20.6 Å². The minimum atomic E-state index is -0.588. The third-order valence-corrected chi connectivity index (χ3v) is 5.12. The molecule has 0 unspecified atom stereocenters. The summed E-state index contributed by atoms with van der Waals surface area (Å²) in [4.78, 5) is 32.2. The number of benzene rings is 3. The number of rotatable bonds is 6. The van der Waals surface area contributed by atoms with Crippen LogP contribution in [0.5, 0.6) is 5.75 Å². The quantitative estimate of drug-likeness (QED) is 0.365. The van der Waals surface area contributed by atoms with E-state index in [9.17, 15) is 14.9 Å². The van der Waals surface area contributed by atoms with Crippen LogP contribution < -0.4 is 20.9 Å². The van der Waals surface area contributed by atoms with Crippen LogP contribution in [0.3, 0.4) is 0 Å². The average Bonchev–Trinajstić information content (AvgIpc) is 2.85. The summed E-state index contributed by atoms with van der Waals surface area (Å²) in [5.41, 5.74) is 1.50. The molecule has 168 valence electrons. The number of aromatic nitrogens is 2. The number of hydrogen-bond acceptors (Lipinski definition) is 6. The molecule has 0 spiro atoms. The van der Waals surface area contributed by atoms with Crippen LogP contribution in [0.25, 0.3) is 11.3 Å². The first-order valence-electron chi connectivity index (χ1n) is 10.1. The monoisotopic (exact) mass is 471 g/mol. The molecule has 8 nitrogen and oxygen atoms in total. The lowest BCUT2D eigenvalue weighted by atomic mass is 10.1. The molecule has 9 heteroatoms. The summed E-state index contributed by atoms with van der Waals surface area (Å²) in [5, 5.41) is 15.9. The Bertz CT molecular complexity index is 1460. The number of hydrogen-bond donors (Lipinski definition) is 3. The number of aromatic amines is 1. The van der Waals surface area contributed by atoms with Crippen molar-refractivity contribution in [2.45, 2.75) is 0 Å². The molecule has 0 atom stereocenters. The fourth-order valence-electron chi connectivity index (χ4n) is 3.23. The van der Waals surface area contributed by atoms with Gasteiger partial charge in [-0.25, -0.2) is 4.98 Å². The topological polar surface area (TPSA) is 120 Å². The first kappa shape index (κ1) is 22.6. The molecule has 34 heavy (non-hydrogen) atoms. The van der Waals surface area contributed by atoms with E-state index >= 15 is 0 Å². The van der Waals surface area contributed by atoms with Gasteiger partial charge in [0.05, 0.1) is 12.8 Å². The number of nitrogens with zero attached hydrogens (tertiary/aromatic N) is 2. The maximum absolute atomic E-state index is 12.7. The van der Waals surface area contributed by atoms with Crippen LogP contribution in [0.4, 0.5) is 17.3 Å². The van der Waals surface area contributed by atoms with E-state index in [0.29, 0.717) is 33.3 Å². The predicted octanol–water partition coefficient (Wildman–Crippen LogP) is 4.97. The summed E-state index contributed by atoms with van der Waals surface area (Å²) < 4.78 is 5.16. The molecule has 4 rings (SSSR count). The lowest BCUT2D eigenvalue weighted by molar-refractivity contribution is 0.102. The van der Waals surface area contributed by atoms with E-state index in [-0.39, 0.29) is 23.1 Å². The zero-order valence-corrected chi connectivity index (χ0v) is 18.7. The maximum atomic E-state index is 12.7. The molecule has 0 aliphatic rings. The Hall–Kier alpha value is -4.61. The van der Waals surface area contributed by atoms with Crippen LogP contribution in [0.2, 0.25) is 5.02 Å². The molecule has 0 saturated heterocycles. The molecular weight excluding hydrogens is 454 g/mol. The van der Waals surface area contributed by atoms with E-state index < -0.39 is 5.56 Å². The van der Waals surface area contributed by atoms with Gasteiger partial charge in [0, 0.05) is 27.5 Å². The highest BCUT2D eigenvalue weighted by atomic mass is 35.5. The van der Waals surface area contributed by atoms with Crippen LogP contribution in [-0.2, 0) is 0 Å². The molecular formula is C25H18ClN5O3. The molecule has 0 aliphatic heterocycles. The lowest BCUT2D eigenvalue weighted by Crippen LogP contribution is -2.16. The first-order valence-corrected chi connectivity index (χ1v) is 10.5. The normalized spacial score (nSPS) is 10.3. The van der Waals surface area contributed by atoms with Gasteiger partial charge in [-0.15, -0.1) is 0 Å². The second kappa shape index (κ2) is 9.90. The summed E-state index contributed by atoms with van der Waals surface area (Å²) in [7, 11) is 1.53. The van der Waals surface area contributed by atoms with Crippen molar-refractivity contribution in [1.82, 2.24) is 9.97 Å². The second-order valence-electron chi connectivity index (χ2n) is 7.15. The summed E-state index contributed by atoms with van der Waals surface area (Å²) in [5.74, 6) is 0.390. The lowest BCUT2D eigenvalue weighted by Gasteiger charge is -2.11. The van der Waals surface area contributed by atoms with Gasteiger partial charge in [-0.3, -0.25) is 14.6 Å². The van der Waals surface area contributed by atoms with E-state index in [1.54, 1.807) is 72.8 Å². The van der Waals surface area contributed by atoms with E-state index in [0.717, 1.165) is 0 Å². The Morgan fingerprint density at radius 2 is 1.82 bits per heavy atom. The molecule has 0 radical (unpaired) electrons. The number of ether oxygens (including phenoxy) is 1. The number of amides is 1. The number of H-pyrrole nitrogens is 1. The molecule has 0 saturated carbocycles. The summed E-state index contributed by atoms with van der Waals surface area (Å²) >= 11 is 5.92. The highest BCUT2D eigenvalue weighted by Gasteiger charge is 2.15. The highest BCUT2D eigenvalue weighted by molar-refractivity contribution is 6.30. The van der Waals surface area contributed by atoms with Crippen LogP contribution >= 0.6 is 11.6 Å². The zero-order chi connectivity index (χ0) is 24.1. The van der Waals surface area contributed by atoms with Crippen molar-refractivity contribution in [3.05, 3.63) is 99.3 Å². The Morgan fingerprint density at radius 3 is 2.56 bits per heavy atom. The third-order valence-electron chi connectivity index (χ3n) is 4.86. The van der Waals surface area contributed by atoms with E-state index in [4.69, 9.17) is 16.3 Å². The van der Waals surface area contributed by atoms with Gasteiger partial charge in [-0.05, 0) is 54.6 Å². The van der Waals surface area contributed by atoms with Crippen LogP contribution in [-0.4, -0.2) is 23.0 Å². The standard InChI is InChI=1S/C25H18ClN5O3/c1-34-20-7-3-5-16(13-20)23(32)28-19-6-2-4-15(12-19)22-21(14-27)24(33)31-25(30-22)29-18-10-8-17(26)9-11-18/h2-13H,1H3,(H,28,32)(H2,29,30,31,33). The average molecular weight is 472 g/mol. The van der Waals surface area contributed by atoms with Gasteiger partial charge < -0.3 is 15.4 Å². The molecule has 3 N–H and O–H groups in total. The van der Waals surface area contributed by atoms with Crippen molar-refractivity contribution in [2.75, 3.05) is 17.7 Å². The smallest absolute Gasteiger partial charge is 0.270 e. The van der Waals surface area contributed by atoms with Crippen LogP contribution in [0.15, 0.2) is 77.6 Å². The van der Waals surface area contributed by atoms with Gasteiger partial charge in [0.2, 0.25) is 5.95 Å². The Labute approximate surface area is 199 Å². The Kier molecular flexibility index (Phi) is 6.57. The summed E-state index contributed by atoms with van der Waals surface area (Å²) in [6, 6.07) is 22.3. The molecule has 0 aliphatic carbocycles. The van der Waals surface area contributed by atoms with Gasteiger partial charge in [-0.2, -0.15) is 5.26 Å². The Morgan fingerprint density at radius 1 is 1.06 bits per heavy atom. The van der Waals surface area contributed by atoms with E-state index in [1.807, 2.05) is 6.07 Å². The number of methoxy groups -OCH3 is 1. The summed E-state index contributed by atoms with van der Waals surface area (Å²) in [6.07, 6.45) is 0. The predicted molar refractivity (Wildman–Crippen MR) is 131 cm³/mol. The van der Waals surface area contributed by atoms with Crippen LogP contribution in [0.1, 0.15) is 15.9 Å². The minimum Gasteiger partial charge on any atom is -0.497 e. The van der Waals surface area contributed by atoms with Gasteiger partial charge in [0.15, 0.2) is 0 Å². The van der Waals surface area contributed by atoms with Crippen molar-refractivity contribution in [1.29, 1.82) is 5.26 Å². The number of anilines is 3. The first-order chi connectivity index (χ1) is 16.5. The largest absolute Gasteiger partial charge is 0.497 e. The number of carbonyl (C=O) groups is 1. The molecule has 1 amide bonds. The van der Waals surface area contributed by atoms with Crippen LogP contribution in [0, 0.1) is 11.3 Å². The van der Waals surface area contributed by atoms with Crippen molar-refractivity contribution in [2.24, 2.45) is 0 Å². The number of nitriles is 1. The molecule has 1 heterocycles. The molecule has 1 aromatic heterocycles. The zero-order valence-electron chi connectivity index (χ0n) is 17.9.